The summed E-state index contributed by atoms with van der Waals surface area (Å²) >= 11 is 0. The van der Waals surface area contributed by atoms with Gasteiger partial charge in [0.25, 0.3) is 0 Å². The van der Waals surface area contributed by atoms with Crippen LogP contribution in [0.3, 0.4) is 0 Å². The van der Waals surface area contributed by atoms with Crippen molar-refractivity contribution in [1.82, 2.24) is 9.80 Å². The van der Waals surface area contributed by atoms with Crippen molar-refractivity contribution in [3.8, 4) is 22.6 Å². The van der Waals surface area contributed by atoms with Gasteiger partial charge in [0, 0.05) is 62.6 Å². The third-order valence-corrected chi connectivity index (χ3v) is 10.1. The van der Waals surface area contributed by atoms with E-state index in [2.05, 4.69) is 28.3 Å². The minimum Gasteiger partial charge on any atom is -0.496 e. The number of likely N-dealkylation sites (tertiary alicyclic amines) is 1. The topological polar surface area (TPSA) is 91.5 Å². The number of piperazine rings is 1. The standard InChI is InChI=1S/C28H32FNO4.C14H20FN3.CH3F2P/c1-33-25-16-19(13-15-30-14-5-7-21(29)18-30)17-26(34-2)28(25)24-10-4-8-22-20(11-12-27(31)32)6-3-9-23(22)24;1-10-8-12(9-13(15)14(10)11(2)16)18-6-4-17(3)5-7-18;2-1(3)4/h3-4,6,8-10,16-17,21H,5,7,11-15,18H2,1-2H3,(H,31,32);8-9H,2,4-7,16H2,1,3H3;1H,4H2. The Bertz CT molecular complexity index is 1890. The van der Waals surface area contributed by atoms with E-state index in [1.807, 2.05) is 61.5 Å². The van der Waals surface area contributed by atoms with Crippen molar-refractivity contribution in [2.24, 2.45) is 5.73 Å². The molecule has 2 fully saturated rings. The molecule has 0 aliphatic carbocycles. The first kappa shape index (κ1) is 44.3. The van der Waals surface area contributed by atoms with Crippen molar-refractivity contribution in [3.63, 3.8) is 0 Å². The number of rotatable bonds is 11. The number of likely N-dealkylation sites (N-methyl/N-ethyl adjacent to an activating group) is 1. The van der Waals surface area contributed by atoms with Gasteiger partial charge < -0.3 is 35.0 Å². The van der Waals surface area contributed by atoms with Crippen LogP contribution >= 0.6 is 9.24 Å². The van der Waals surface area contributed by atoms with Gasteiger partial charge in [0.15, 0.2) is 0 Å². The SMILES string of the molecule is C=C(N)c1c(C)cc(N2CCN(C)CC2)cc1F.COc1cc(CCN2CCCC(F)C2)cc(OC)c1-c1cccc2c(CCC(=O)O)cccc12.FC(F)P. The zero-order valence-corrected chi connectivity index (χ0v) is 34.0. The lowest BCUT2D eigenvalue weighted by Crippen LogP contribution is -2.44. The van der Waals surface area contributed by atoms with Crippen molar-refractivity contribution >= 4 is 37.4 Å². The summed E-state index contributed by atoms with van der Waals surface area (Å²) in [6.07, 6.45) is -0.0658. The molecule has 2 heterocycles. The Morgan fingerprint density at radius 1 is 0.982 bits per heavy atom. The molecule has 2 unspecified atom stereocenters. The van der Waals surface area contributed by atoms with Crippen molar-refractivity contribution < 1.29 is 36.9 Å². The van der Waals surface area contributed by atoms with Crippen molar-refractivity contribution in [3.05, 3.63) is 95.3 Å². The van der Waals surface area contributed by atoms with Gasteiger partial charge in [-0.05, 0) is 103 Å². The minimum atomic E-state index is -2.25. The molecule has 6 rings (SSSR count). The number of carboxylic acid groups (broad SMARTS) is 1. The van der Waals surface area contributed by atoms with Crippen LogP contribution in [-0.2, 0) is 17.6 Å². The second kappa shape index (κ2) is 21.2. The third-order valence-electron chi connectivity index (χ3n) is 10.1. The normalized spacial score (nSPS) is 16.1. The van der Waals surface area contributed by atoms with Crippen LogP contribution in [-0.4, -0.2) is 100 Å². The number of aliphatic carboxylic acids is 1. The van der Waals surface area contributed by atoms with Gasteiger partial charge in [-0.25, -0.2) is 17.6 Å². The average Bonchev–Trinajstić information content (AvgIpc) is 3.15. The Morgan fingerprint density at radius 3 is 2.18 bits per heavy atom. The van der Waals surface area contributed by atoms with Gasteiger partial charge in [-0.3, -0.25) is 4.79 Å². The van der Waals surface area contributed by atoms with Crippen molar-refractivity contribution in [2.45, 2.75) is 51.4 Å². The van der Waals surface area contributed by atoms with Gasteiger partial charge in [-0.1, -0.05) is 52.2 Å². The van der Waals surface area contributed by atoms with E-state index in [-0.39, 0.29) is 17.9 Å². The number of aryl methyl sites for hydroxylation is 2. The first-order valence-corrected chi connectivity index (χ1v) is 19.4. The second-order valence-electron chi connectivity index (χ2n) is 14.1. The molecule has 0 bridgehead atoms. The van der Waals surface area contributed by atoms with E-state index in [0.29, 0.717) is 24.9 Å². The Labute approximate surface area is 330 Å². The number of piperidine rings is 1. The molecule has 0 radical (unpaired) electrons. The molecule has 13 heteroatoms. The summed E-state index contributed by atoms with van der Waals surface area (Å²) in [4.78, 5) is 17.8. The highest BCUT2D eigenvalue weighted by Gasteiger charge is 2.21. The van der Waals surface area contributed by atoms with E-state index in [0.717, 1.165) is 108 Å². The maximum absolute atomic E-state index is 14.0. The Balaban J connectivity index is 0.000000264. The molecule has 2 aliphatic rings. The number of hydrogen-bond donors (Lipinski definition) is 2. The Morgan fingerprint density at radius 2 is 1.61 bits per heavy atom. The summed E-state index contributed by atoms with van der Waals surface area (Å²) in [5.41, 5.74) is 12.0. The molecule has 304 valence electrons. The van der Waals surface area contributed by atoms with Crippen LogP contribution in [0, 0.1) is 12.7 Å². The van der Waals surface area contributed by atoms with Crippen LogP contribution in [0.25, 0.3) is 27.6 Å². The predicted molar refractivity (Wildman–Crippen MR) is 223 cm³/mol. The minimum absolute atomic E-state index is 0.0881. The molecule has 0 aromatic heterocycles. The van der Waals surface area contributed by atoms with E-state index < -0.39 is 18.3 Å². The number of alkyl halides is 3. The first-order chi connectivity index (χ1) is 26.7. The molecule has 3 N–H and O–H groups in total. The monoisotopic (exact) mass is 798 g/mol. The molecule has 0 spiro atoms. The maximum atomic E-state index is 14.0. The molecular formula is C43H55F4N4O4P. The van der Waals surface area contributed by atoms with E-state index in [4.69, 9.17) is 20.3 Å². The molecular weight excluding hydrogens is 743 g/mol. The molecule has 2 saturated heterocycles. The molecule has 8 nitrogen and oxygen atoms in total. The molecule has 4 aromatic carbocycles. The highest BCUT2D eigenvalue weighted by molar-refractivity contribution is 7.16. The molecule has 0 amide bonds. The maximum Gasteiger partial charge on any atom is 0.303 e. The fraction of sp³-hybridized carbons (Fsp3) is 0.419. The highest BCUT2D eigenvalue weighted by Crippen LogP contribution is 2.43. The summed E-state index contributed by atoms with van der Waals surface area (Å²) in [5.74, 6) is 0.356. The van der Waals surface area contributed by atoms with Crippen LogP contribution < -0.4 is 20.1 Å². The van der Waals surface area contributed by atoms with Crippen LogP contribution in [0.2, 0.25) is 0 Å². The number of anilines is 1. The largest absolute Gasteiger partial charge is 0.496 e. The molecule has 56 heavy (non-hydrogen) atoms. The molecule has 4 aromatic rings. The van der Waals surface area contributed by atoms with Crippen LogP contribution in [0.1, 0.15) is 41.5 Å². The lowest BCUT2D eigenvalue weighted by molar-refractivity contribution is -0.136. The molecule has 2 atom stereocenters. The number of hydrogen-bond acceptors (Lipinski definition) is 7. The zero-order chi connectivity index (χ0) is 40.9. The Hall–Kier alpha value is -4.38. The number of carbonyl (C=O) groups is 1. The third kappa shape index (κ3) is 12.3. The van der Waals surface area contributed by atoms with Gasteiger partial charge in [0.1, 0.15) is 23.5 Å². The smallest absolute Gasteiger partial charge is 0.303 e. The second-order valence-corrected chi connectivity index (χ2v) is 14.7. The van der Waals surface area contributed by atoms with E-state index in [1.165, 1.54) is 9.24 Å². The quantitative estimate of drug-likeness (QED) is 0.116. The van der Waals surface area contributed by atoms with E-state index in [1.54, 1.807) is 20.3 Å². The summed E-state index contributed by atoms with van der Waals surface area (Å²) in [5, 5.41) is 11.2. The van der Waals surface area contributed by atoms with Gasteiger partial charge in [0.2, 0.25) is 6.17 Å². The average molecular weight is 799 g/mol. The number of ether oxygens (including phenoxy) is 2. The Kier molecular flexibility index (Phi) is 16.8. The highest BCUT2D eigenvalue weighted by atomic mass is 31.0. The summed E-state index contributed by atoms with van der Waals surface area (Å²) in [6, 6.07) is 19.7. The number of nitrogens with zero attached hydrogens (tertiary/aromatic N) is 3. The van der Waals surface area contributed by atoms with Gasteiger partial charge in [-0.15, -0.1) is 0 Å². The fourth-order valence-corrected chi connectivity index (χ4v) is 7.30. The fourth-order valence-electron chi connectivity index (χ4n) is 7.30. The van der Waals surface area contributed by atoms with Gasteiger partial charge in [-0.2, -0.15) is 0 Å². The number of methoxy groups -OCH3 is 2. The lowest BCUT2D eigenvalue weighted by Gasteiger charge is -2.34. The zero-order valence-electron chi connectivity index (χ0n) is 32.8. The van der Waals surface area contributed by atoms with Crippen LogP contribution in [0.4, 0.5) is 23.2 Å². The predicted octanol–water partition coefficient (Wildman–Crippen LogP) is 8.42. The summed E-state index contributed by atoms with van der Waals surface area (Å²) in [7, 11) is 6.74. The number of nitrogens with two attached hydrogens (primary N) is 1. The number of halogens is 4. The number of benzene rings is 4. The summed E-state index contributed by atoms with van der Waals surface area (Å²) in [6.45, 7) is 11.6. The van der Waals surface area contributed by atoms with Crippen LogP contribution in [0.5, 0.6) is 11.5 Å². The van der Waals surface area contributed by atoms with Crippen molar-refractivity contribution in [1.29, 1.82) is 0 Å². The van der Waals surface area contributed by atoms with Gasteiger partial charge in [0.05, 0.1) is 19.8 Å². The van der Waals surface area contributed by atoms with Crippen molar-refractivity contribution in [2.75, 3.05) is 72.0 Å². The first-order valence-electron chi connectivity index (χ1n) is 18.8. The van der Waals surface area contributed by atoms with Gasteiger partial charge >= 0.3 is 5.97 Å². The van der Waals surface area contributed by atoms with E-state index in [9.17, 15) is 22.4 Å². The lowest BCUT2D eigenvalue weighted by atomic mass is 9.92. The summed E-state index contributed by atoms with van der Waals surface area (Å²) < 4.78 is 60.0. The molecule has 0 saturated carbocycles. The van der Waals surface area contributed by atoms with Crippen LogP contribution in [0.15, 0.2) is 67.2 Å². The van der Waals surface area contributed by atoms with E-state index >= 15 is 0 Å². The number of carboxylic acids is 1. The number of fused-ring (bicyclic) bond motifs is 1. The molecule has 2 aliphatic heterocycles.